The zero-order valence-corrected chi connectivity index (χ0v) is 13.3. The molecule has 0 fully saturated rings. The van der Waals surface area contributed by atoms with Crippen LogP contribution in [0.3, 0.4) is 0 Å². The summed E-state index contributed by atoms with van der Waals surface area (Å²) in [5, 5.41) is -7.02. The predicted octanol–water partition coefficient (Wildman–Crippen LogP) is 4.17. The van der Waals surface area contributed by atoms with Gasteiger partial charge in [-0.05, 0) is 5.56 Å². The largest absolute Gasteiger partial charge is 0.460 e. The van der Waals surface area contributed by atoms with Crippen molar-refractivity contribution in [3.63, 3.8) is 0 Å². The van der Waals surface area contributed by atoms with E-state index in [2.05, 4.69) is 0 Å². The van der Waals surface area contributed by atoms with E-state index in [9.17, 15) is 56.7 Å². The number of rotatable bonds is 7. The molecule has 1 rings (SSSR count). The molecule has 1 aromatic carbocycles. The number of alkyl halides is 11. The van der Waals surface area contributed by atoms with Crippen molar-refractivity contribution in [3.05, 3.63) is 35.9 Å². The molecule has 0 aliphatic rings. The molecule has 0 aliphatic carbocycles. The monoisotopic (exact) mass is 439 g/mol. The van der Waals surface area contributed by atoms with Gasteiger partial charge in [0.2, 0.25) is 0 Å². The second-order valence-corrected chi connectivity index (χ2v) is 6.86. The van der Waals surface area contributed by atoms with Crippen LogP contribution in [0.15, 0.2) is 30.3 Å². The fourth-order valence-electron chi connectivity index (χ4n) is 1.59. The Labute approximate surface area is 144 Å². The van der Waals surface area contributed by atoms with E-state index in [1.165, 1.54) is 18.2 Å². The Balaban J connectivity index is 3.29. The van der Waals surface area contributed by atoms with E-state index in [0.717, 1.165) is 16.9 Å². The van der Waals surface area contributed by atoms with Crippen LogP contribution >= 0.6 is 0 Å². The van der Waals surface area contributed by atoms with Gasteiger partial charge < -0.3 is 0 Å². The summed E-state index contributed by atoms with van der Waals surface area (Å²) < 4.78 is 164. The first kappa shape index (κ1) is 23.4. The molecule has 0 bridgehead atoms. The molecule has 0 atom stereocenters. The Kier molecular flexibility index (Phi) is 5.85. The fourth-order valence-corrected chi connectivity index (χ4v) is 2.60. The van der Waals surface area contributed by atoms with E-state index in [0.29, 0.717) is 0 Å². The van der Waals surface area contributed by atoms with Crippen molar-refractivity contribution in [2.24, 2.45) is 0 Å². The summed E-state index contributed by atoms with van der Waals surface area (Å²) in [6.07, 6.45) is -7.36. The topological polar surface area (TPSA) is 46.2 Å². The lowest BCUT2D eigenvalue weighted by Gasteiger charge is -2.36. The average Bonchev–Trinajstić information content (AvgIpc) is 2.52. The van der Waals surface area contributed by atoms with Gasteiger partial charge in [-0.15, -0.1) is 0 Å². The molecule has 1 aromatic rings. The van der Waals surface area contributed by atoms with Crippen molar-refractivity contribution in [2.75, 3.05) is 0 Å². The second kappa shape index (κ2) is 6.76. The van der Waals surface area contributed by atoms with Gasteiger partial charge in [0, 0.05) is 6.54 Å². The quantitative estimate of drug-likeness (QED) is 0.649. The standard InChI is InChI=1S/C12H8F11NO2S/c13-8(14,9(15,16)11(19,20)21)10(17,18)12(22,23)27(25,26)24-6-7-4-2-1-3-5-7/h1-5,24H,6H2. The van der Waals surface area contributed by atoms with Crippen LogP contribution < -0.4 is 4.72 Å². The summed E-state index contributed by atoms with van der Waals surface area (Å²) in [5.74, 6) is -23.1. The number of benzene rings is 1. The molecule has 27 heavy (non-hydrogen) atoms. The van der Waals surface area contributed by atoms with Gasteiger partial charge in [-0.1, -0.05) is 30.3 Å². The van der Waals surface area contributed by atoms with Crippen molar-refractivity contribution in [1.82, 2.24) is 4.72 Å². The van der Waals surface area contributed by atoms with Crippen molar-refractivity contribution in [1.29, 1.82) is 0 Å². The van der Waals surface area contributed by atoms with E-state index in [4.69, 9.17) is 0 Å². The highest BCUT2D eigenvalue weighted by atomic mass is 32.2. The van der Waals surface area contributed by atoms with Crippen molar-refractivity contribution >= 4 is 10.0 Å². The van der Waals surface area contributed by atoms with Gasteiger partial charge in [-0.25, -0.2) is 13.1 Å². The first-order valence-electron chi connectivity index (χ1n) is 6.44. The van der Waals surface area contributed by atoms with Crippen LogP contribution in [-0.2, 0) is 16.6 Å². The maximum atomic E-state index is 13.5. The first-order valence-corrected chi connectivity index (χ1v) is 7.92. The Hall–Kier alpha value is -1.64. The third-order valence-electron chi connectivity index (χ3n) is 3.16. The molecule has 0 saturated carbocycles. The molecular weight excluding hydrogens is 431 g/mol. The maximum Gasteiger partial charge on any atom is 0.460 e. The summed E-state index contributed by atoms with van der Waals surface area (Å²) in [7, 11) is -6.82. The van der Waals surface area contributed by atoms with E-state index < -0.39 is 45.8 Å². The van der Waals surface area contributed by atoms with Gasteiger partial charge in [-0.3, -0.25) is 0 Å². The van der Waals surface area contributed by atoms with Gasteiger partial charge in [-0.2, -0.15) is 48.3 Å². The van der Waals surface area contributed by atoms with Crippen molar-refractivity contribution in [3.8, 4) is 0 Å². The highest BCUT2D eigenvalue weighted by molar-refractivity contribution is 7.90. The zero-order valence-electron chi connectivity index (χ0n) is 12.5. The third kappa shape index (κ3) is 3.70. The number of hydrogen-bond acceptors (Lipinski definition) is 2. The Morgan fingerprint density at radius 3 is 1.56 bits per heavy atom. The van der Waals surface area contributed by atoms with Crippen molar-refractivity contribution < 1.29 is 56.7 Å². The van der Waals surface area contributed by atoms with Gasteiger partial charge in [0.15, 0.2) is 0 Å². The summed E-state index contributed by atoms with van der Waals surface area (Å²) in [4.78, 5) is 0. The second-order valence-electron chi connectivity index (χ2n) is 5.05. The highest BCUT2D eigenvalue weighted by Gasteiger charge is 2.89. The van der Waals surface area contributed by atoms with Crippen LogP contribution in [0.4, 0.5) is 48.3 Å². The van der Waals surface area contributed by atoms with Crippen LogP contribution in [0.25, 0.3) is 0 Å². The molecule has 0 aliphatic heterocycles. The number of nitrogens with one attached hydrogen (secondary N) is 1. The highest BCUT2D eigenvalue weighted by Crippen LogP contribution is 2.58. The van der Waals surface area contributed by atoms with E-state index in [-0.39, 0.29) is 5.56 Å². The van der Waals surface area contributed by atoms with Crippen LogP contribution in [-0.4, -0.2) is 37.6 Å². The maximum absolute atomic E-state index is 13.5. The lowest BCUT2D eigenvalue weighted by molar-refractivity contribution is -0.413. The fraction of sp³-hybridized carbons (Fsp3) is 0.500. The summed E-state index contributed by atoms with van der Waals surface area (Å²) in [6.45, 7) is -1.16. The molecule has 0 heterocycles. The lowest BCUT2D eigenvalue weighted by Crippen LogP contribution is -2.68. The molecule has 0 radical (unpaired) electrons. The van der Waals surface area contributed by atoms with Crippen LogP contribution in [0, 0.1) is 0 Å². The summed E-state index contributed by atoms with van der Waals surface area (Å²) in [5.41, 5.74) is -0.132. The van der Waals surface area contributed by atoms with E-state index in [1.54, 1.807) is 0 Å². The summed E-state index contributed by atoms with van der Waals surface area (Å²) in [6, 6.07) is 6.04. The van der Waals surface area contributed by atoms with Gasteiger partial charge in [0.25, 0.3) is 10.0 Å². The Morgan fingerprint density at radius 2 is 1.15 bits per heavy atom. The molecule has 3 nitrogen and oxygen atoms in total. The Morgan fingerprint density at radius 1 is 0.704 bits per heavy atom. The van der Waals surface area contributed by atoms with Gasteiger partial charge in [0.05, 0.1) is 0 Å². The molecule has 156 valence electrons. The zero-order chi connectivity index (χ0) is 21.5. The summed E-state index contributed by atoms with van der Waals surface area (Å²) >= 11 is 0. The van der Waals surface area contributed by atoms with Gasteiger partial charge >= 0.3 is 29.2 Å². The lowest BCUT2D eigenvalue weighted by atomic mass is 10.0. The number of halogens is 11. The van der Waals surface area contributed by atoms with Crippen LogP contribution in [0.1, 0.15) is 5.56 Å². The molecular formula is C12H8F11NO2S. The van der Waals surface area contributed by atoms with Gasteiger partial charge in [0.1, 0.15) is 0 Å². The van der Waals surface area contributed by atoms with E-state index in [1.807, 2.05) is 0 Å². The van der Waals surface area contributed by atoms with Crippen molar-refractivity contribution in [2.45, 2.75) is 35.7 Å². The predicted molar refractivity (Wildman–Crippen MR) is 68.0 cm³/mol. The molecule has 0 aromatic heterocycles. The number of hydrogen-bond donors (Lipinski definition) is 1. The smallest absolute Gasteiger partial charge is 0.206 e. The molecule has 0 spiro atoms. The third-order valence-corrected chi connectivity index (χ3v) is 4.61. The van der Waals surface area contributed by atoms with Crippen LogP contribution in [0.2, 0.25) is 0 Å². The van der Waals surface area contributed by atoms with Crippen LogP contribution in [0.5, 0.6) is 0 Å². The molecule has 1 N–H and O–H groups in total. The SMILES string of the molecule is O=S(=O)(NCc1ccccc1)C(F)(F)C(F)(F)C(F)(F)C(F)(F)C(F)(F)F. The normalized spacial score (nSPS) is 15.1. The first-order chi connectivity index (χ1) is 11.8. The average molecular weight is 439 g/mol. The minimum atomic E-state index is -7.79. The molecule has 15 heteroatoms. The molecule has 0 saturated heterocycles. The molecule has 0 amide bonds. The Bertz CT molecular complexity index is 759. The minimum Gasteiger partial charge on any atom is -0.206 e. The molecule has 0 unspecified atom stereocenters. The minimum absolute atomic E-state index is 0.132. The number of sulfonamides is 1. The van der Waals surface area contributed by atoms with E-state index >= 15 is 0 Å².